The summed E-state index contributed by atoms with van der Waals surface area (Å²) in [7, 11) is -3.48. The van der Waals surface area contributed by atoms with Crippen molar-refractivity contribution in [3.8, 4) is 0 Å². The van der Waals surface area contributed by atoms with Crippen molar-refractivity contribution in [1.82, 2.24) is 0 Å². The van der Waals surface area contributed by atoms with Crippen LogP contribution in [0.5, 0.6) is 0 Å². The molecule has 1 aliphatic rings. The maximum Gasteiger partial charge on any atom is 0.225 e. The molecule has 7 heteroatoms. The van der Waals surface area contributed by atoms with E-state index in [2.05, 4.69) is 5.32 Å². The fourth-order valence-electron chi connectivity index (χ4n) is 3.61. The Hall–Kier alpha value is -3.58. The third-order valence-electron chi connectivity index (χ3n) is 5.10. The van der Waals surface area contributed by atoms with Crippen LogP contribution in [0.1, 0.15) is 43.8 Å². The maximum atomic E-state index is 13.0. The molecule has 1 amide bonds. The number of carbonyl (C=O) groups is 3. The highest BCUT2D eigenvalue weighted by Gasteiger charge is 2.31. The van der Waals surface area contributed by atoms with Crippen molar-refractivity contribution < 1.29 is 22.8 Å². The molecular formula is C24H19NO5S. The Morgan fingerprint density at radius 2 is 1.35 bits per heavy atom. The van der Waals surface area contributed by atoms with Gasteiger partial charge in [0.15, 0.2) is 21.4 Å². The van der Waals surface area contributed by atoms with E-state index in [1.165, 1.54) is 6.07 Å². The zero-order valence-electron chi connectivity index (χ0n) is 16.5. The Kier molecular flexibility index (Phi) is 5.52. The second kappa shape index (κ2) is 8.28. The number of hydrogen-bond acceptors (Lipinski definition) is 5. The molecule has 156 valence electrons. The summed E-state index contributed by atoms with van der Waals surface area (Å²) in [5, 5.41) is 2.61. The molecule has 0 saturated heterocycles. The fourth-order valence-corrected chi connectivity index (χ4v) is 4.95. The van der Waals surface area contributed by atoms with Crippen LogP contribution in [0.2, 0.25) is 0 Å². The zero-order chi connectivity index (χ0) is 22.0. The molecule has 1 N–H and O–H groups in total. The highest BCUT2D eigenvalue weighted by atomic mass is 32.2. The Labute approximate surface area is 179 Å². The molecule has 0 heterocycles. The lowest BCUT2D eigenvalue weighted by molar-refractivity contribution is -0.115. The number of carbonyl (C=O) groups excluding carboxylic acids is 3. The second-order valence-corrected chi connectivity index (χ2v) is 9.49. The van der Waals surface area contributed by atoms with Crippen LogP contribution in [-0.2, 0) is 20.4 Å². The van der Waals surface area contributed by atoms with Crippen molar-refractivity contribution in [3.63, 3.8) is 0 Å². The molecule has 3 aromatic carbocycles. The zero-order valence-corrected chi connectivity index (χ0v) is 17.3. The van der Waals surface area contributed by atoms with Gasteiger partial charge in [0.2, 0.25) is 5.91 Å². The van der Waals surface area contributed by atoms with Gasteiger partial charge >= 0.3 is 0 Å². The van der Waals surface area contributed by atoms with Crippen LogP contribution >= 0.6 is 0 Å². The van der Waals surface area contributed by atoms with E-state index in [1.54, 1.807) is 66.7 Å². The Balaban J connectivity index is 1.50. The van der Waals surface area contributed by atoms with Crippen molar-refractivity contribution in [2.45, 2.75) is 12.2 Å². The summed E-state index contributed by atoms with van der Waals surface area (Å²) in [5.41, 5.74) is 1.83. The summed E-state index contributed by atoms with van der Waals surface area (Å²) in [6, 6.07) is 20.0. The van der Waals surface area contributed by atoms with Gasteiger partial charge in [-0.05, 0) is 11.6 Å². The van der Waals surface area contributed by atoms with Crippen molar-refractivity contribution in [3.05, 3.63) is 101 Å². The van der Waals surface area contributed by atoms with E-state index in [9.17, 15) is 22.8 Å². The molecule has 0 radical (unpaired) electrons. The lowest BCUT2D eigenvalue weighted by Gasteiger charge is -2.20. The van der Waals surface area contributed by atoms with Gasteiger partial charge in [0, 0.05) is 23.1 Å². The SMILES string of the molecule is O=C(CCS(=O)(=O)Cc1ccccc1)Nc1cccc2c1C(=O)c1ccccc1C2=O. The summed E-state index contributed by atoms with van der Waals surface area (Å²) in [6.07, 6.45) is -0.252. The summed E-state index contributed by atoms with van der Waals surface area (Å²) in [4.78, 5) is 38.2. The Morgan fingerprint density at radius 1 is 0.742 bits per heavy atom. The quantitative estimate of drug-likeness (QED) is 0.503. The first-order valence-corrected chi connectivity index (χ1v) is 11.5. The summed E-state index contributed by atoms with van der Waals surface area (Å²) >= 11 is 0. The molecule has 0 saturated carbocycles. The minimum Gasteiger partial charge on any atom is -0.325 e. The first-order valence-electron chi connectivity index (χ1n) is 9.71. The molecule has 6 nitrogen and oxygen atoms in total. The van der Waals surface area contributed by atoms with E-state index >= 15 is 0 Å². The molecule has 0 atom stereocenters. The monoisotopic (exact) mass is 433 g/mol. The molecule has 31 heavy (non-hydrogen) atoms. The number of hydrogen-bond donors (Lipinski definition) is 1. The smallest absolute Gasteiger partial charge is 0.225 e. The van der Waals surface area contributed by atoms with E-state index in [1.807, 2.05) is 0 Å². The van der Waals surface area contributed by atoms with E-state index in [-0.39, 0.29) is 51.9 Å². The van der Waals surface area contributed by atoms with Gasteiger partial charge in [-0.1, -0.05) is 66.7 Å². The van der Waals surface area contributed by atoms with Crippen LogP contribution in [0.25, 0.3) is 0 Å². The van der Waals surface area contributed by atoms with Crippen LogP contribution in [0.15, 0.2) is 72.8 Å². The number of anilines is 1. The lowest BCUT2D eigenvalue weighted by atomic mass is 9.83. The van der Waals surface area contributed by atoms with Crippen LogP contribution in [-0.4, -0.2) is 31.6 Å². The van der Waals surface area contributed by atoms with Gasteiger partial charge in [-0.2, -0.15) is 0 Å². The molecule has 4 rings (SSSR count). The van der Waals surface area contributed by atoms with E-state index in [4.69, 9.17) is 0 Å². The Bertz CT molecular complexity index is 1300. The number of sulfone groups is 1. The van der Waals surface area contributed by atoms with E-state index < -0.39 is 15.7 Å². The number of nitrogens with one attached hydrogen (secondary N) is 1. The number of benzene rings is 3. The number of fused-ring (bicyclic) bond motifs is 2. The van der Waals surface area contributed by atoms with Gasteiger partial charge in [0.25, 0.3) is 0 Å². The maximum absolute atomic E-state index is 13.0. The highest BCUT2D eigenvalue weighted by Crippen LogP contribution is 2.32. The van der Waals surface area contributed by atoms with Gasteiger partial charge in [0.05, 0.1) is 22.8 Å². The summed E-state index contributed by atoms with van der Waals surface area (Å²) in [5.74, 6) is -1.64. The molecule has 0 unspecified atom stereocenters. The van der Waals surface area contributed by atoms with Crippen molar-refractivity contribution in [2.24, 2.45) is 0 Å². The molecule has 0 spiro atoms. The number of amides is 1. The van der Waals surface area contributed by atoms with Gasteiger partial charge in [0.1, 0.15) is 0 Å². The largest absolute Gasteiger partial charge is 0.325 e. The minimum absolute atomic E-state index is 0.131. The fraction of sp³-hybridized carbons (Fsp3) is 0.125. The predicted octanol–water partition coefficient (Wildman–Crippen LogP) is 3.41. The van der Waals surface area contributed by atoms with Gasteiger partial charge in [-0.3, -0.25) is 14.4 Å². The molecule has 1 aliphatic carbocycles. The normalized spacial score (nSPS) is 12.8. The van der Waals surface area contributed by atoms with Crippen LogP contribution in [0.3, 0.4) is 0 Å². The molecule has 0 aromatic heterocycles. The number of rotatable bonds is 6. The van der Waals surface area contributed by atoms with Gasteiger partial charge in [-0.25, -0.2) is 8.42 Å². The van der Waals surface area contributed by atoms with Crippen LogP contribution in [0, 0.1) is 0 Å². The third kappa shape index (κ3) is 4.32. The number of ketones is 2. The van der Waals surface area contributed by atoms with Crippen molar-refractivity contribution in [1.29, 1.82) is 0 Å². The predicted molar refractivity (Wildman–Crippen MR) is 117 cm³/mol. The van der Waals surface area contributed by atoms with Crippen LogP contribution < -0.4 is 5.32 Å². The Morgan fingerprint density at radius 3 is 2.06 bits per heavy atom. The highest BCUT2D eigenvalue weighted by molar-refractivity contribution is 7.90. The summed E-state index contributed by atoms with van der Waals surface area (Å²) < 4.78 is 24.7. The first-order chi connectivity index (χ1) is 14.9. The first kappa shape index (κ1) is 20.7. The van der Waals surface area contributed by atoms with E-state index in [0.29, 0.717) is 11.1 Å². The minimum atomic E-state index is -3.48. The average Bonchev–Trinajstić information content (AvgIpc) is 2.76. The lowest BCUT2D eigenvalue weighted by Crippen LogP contribution is -2.24. The third-order valence-corrected chi connectivity index (χ3v) is 6.70. The summed E-state index contributed by atoms with van der Waals surface area (Å²) in [6.45, 7) is 0. The standard InChI is InChI=1S/C24H19NO5S/c26-21(13-14-31(29,30)15-16-7-2-1-3-8-16)25-20-12-6-11-19-22(20)24(28)18-10-5-4-9-17(18)23(19)27/h1-12H,13-15H2,(H,25,26). The van der Waals surface area contributed by atoms with Gasteiger partial charge in [-0.15, -0.1) is 0 Å². The molecule has 0 bridgehead atoms. The topological polar surface area (TPSA) is 97.4 Å². The van der Waals surface area contributed by atoms with E-state index in [0.717, 1.165) is 0 Å². The van der Waals surface area contributed by atoms with Crippen molar-refractivity contribution >= 4 is 33.0 Å². The molecular weight excluding hydrogens is 414 g/mol. The second-order valence-electron chi connectivity index (χ2n) is 7.31. The van der Waals surface area contributed by atoms with Crippen molar-refractivity contribution in [2.75, 3.05) is 11.1 Å². The average molecular weight is 433 g/mol. The molecule has 0 aliphatic heterocycles. The van der Waals surface area contributed by atoms with Crippen LogP contribution in [0.4, 0.5) is 5.69 Å². The molecule has 3 aromatic rings. The molecule has 0 fully saturated rings. The van der Waals surface area contributed by atoms with Gasteiger partial charge < -0.3 is 5.32 Å².